The van der Waals surface area contributed by atoms with Crippen LogP contribution in [0, 0.1) is 0 Å². The number of hydrogen-bond donors (Lipinski definition) is 2. The van der Waals surface area contributed by atoms with Gasteiger partial charge < -0.3 is 24.4 Å². The first-order valence-corrected chi connectivity index (χ1v) is 17.5. The number of ketones is 1. The topological polar surface area (TPSA) is 102 Å². The number of cyclic esters (lactones) is 1. The molecule has 7 heteroatoms. The maximum Gasteiger partial charge on any atom is 0.334 e. The molecule has 0 amide bonds. The van der Waals surface area contributed by atoms with Crippen molar-refractivity contribution in [1.82, 2.24) is 0 Å². The van der Waals surface area contributed by atoms with Crippen molar-refractivity contribution in [3.63, 3.8) is 0 Å². The van der Waals surface area contributed by atoms with Crippen LogP contribution in [0.15, 0.2) is 11.6 Å². The van der Waals surface area contributed by atoms with Gasteiger partial charge in [0.25, 0.3) is 0 Å². The molecule has 0 aromatic heterocycles. The van der Waals surface area contributed by atoms with Gasteiger partial charge in [-0.2, -0.15) is 0 Å². The molecule has 242 valence electrons. The van der Waals surface area contributed by atoms with Gasteiger partial charge in [-0.15, -0.1) is 0 Å². The van der Waals surface area contributed by atoms with Gasteiger partial charge >= 0.3 is 5.97 Å². The van der Waals surface area contributed by atoms with Crippen LogP contribution in [0.25, 0.3) is 0 Å². The third-order valence-corrected chi connectivity index (χ3v) is 9.33. The number of unbranched alkanes of at least 4 members (excludes halogenated alkanes) is 10. The number of hydrogen-bond acceptors (Lipinski definition) is 7. The molecule has 2 fully saturated rings. The molecule has 2 N–H and O–H groups in total. The van der Waals surface area contributed by atoms with Gasteiger partial charge in [-0.05, 0) is 64.4 Å². The molecule has 7 atom stereocenters. The lowest BCUT2D eigenvalue weighted by Gasteiger charge is -2.30. The van der Waals surface area contributed by atoms with E-state index in [-0.39, 0.29) is 42.3 Å². The SMILES string of the molecule is CCCCCCCCCCCC[C@@H](O)[C@H]1CC[C@@H]([C@@H](O)CCCCC(=O)C[C@@H]2CCC[C@H](CC3=CC(C)OC3=O)O2)O1. The van der Waals surface area contributed by atoms with Crippen LogP contribution in [0.4, 0.5) is 0 Å². The summed E-state index contributed by atoms with van der Waals surface area (Å²) in [6.07, 6.45) is 21.9. The van der Waals surface area contributed by atoms with E-state index in [1.54, 1.807) is 0 Å². The summed E-state index contributed by atoms with van der Waals surface area (Å²) < 4.78 is 17.4. The molecular formula is C35H60O7. The molecule has 0 aliphatic carbocycles. The van der Waals surface area contributed by atoms with Crippen LogP contribution in [0.3, 0.4) is 0 Å². The normalized spacial score (nSPS) is 27.6. The molecule has 7 nitrogen and oxygen atoms in total. The molecule has 0 saturated carbocycles. The van der Waals surface area contributed by atoms with E-state index in [0.29, 0.717) is 31.3 Å². The van der Waals surface area contributed by atoms with Crippen LogP contribution >= 0.6 is 0 Å². The lowest BCUT2D eigenvalue weighted by molar-refractivity contribution is -0.140. The molecule has 3 heterocycles. The Morgan fingerprint density at radius 1 is 0.810 bits per heavy atom. The molecule has 3 rings (SSSR count). The first-order chi connectivity index (χ1) is 20.4. The Morgan fingerprint density at radius 3 is 1.98 bits per heavy atom. The Labute approximate surface area is 255 Å². The maximum atomic E-state index is 12.6. The van der Waals surface area contributed by atoms with E-state index in [1.165, 1.54) is 57.8 Å². The second kappa shape index (κ2) is 19.9. The molecular weight excluding hydrogens is 532 g/mol. The number of carbonyl (C=O) groups is 2. The Bertz CT molecular complexity index is 811. The average Bonchev–Trinajstić information content (AvgIpc) is 3.58. The van der Waals surface area contributed by atoms with Crippen molar-refractivity contribution in [3.8, 4) is 0 Å². The Balaban J connectivity index is 1.19. The van der Waals surface area contributed by atoms with Crippen LogP contribution in [0.2, 0.25) is 0 Å². The lowest BCUT2D eigenvalue weighted by Crippen LogP contribution is -2.31. The zero-order valence-corrected chi connectivity index (χ0v) is 26.6. The number of aliphatic hydroxyl groups is 2. The number of esters is 1. The molecule has 3 aliphatic rings. The summed E-state index contributed by atoms with van der Waals surface area (Å²) >= 11 is 0. The third kappa shape index (κ3) is 13.2. The first kappa shape index (κ1) is 35.2. The number of rotatable bonds is 22. The van der Waals surface area contributed by atoms with Crippen LogP contribution in [-0.4, -0.2) is 64.7 Å². The molecule has 0 aromatic rings. The fourth-order valence-corrected chi connectivity index (χ4v) is 6.81. The van der Waals surface area contributed by atoms with Crippen molar-refractivity contribution in [2.45, 2.75) is 198 Å². The summed E-state index contributed by atoms with van der Waals surface area (Å²) in [6.45, 7) is 4.11. The van der Waals surface area contributed by atoms with E-state index in [1.807, 2.05) is 13.0 Å². The smallest absolute Gasteiger partial charge is 0.334 e. The summed E-state index contributed by atoms with van der Waals surface area (Å²) in [7, 11) is 0. The molecule has 1 unspecified atom stereocenters. The molecule has 0 aromatic carbocycles. The van der Waals surface area contributed by atoms with Crippen molar-refractivity contribution in [2.75, 3.05) is 0 Å². The van der Waals surface area contributed by atoms with Gasteiger partial charge in [0.15, 0.2) is 0 Å². The van der Waals surface area contributed by atoms with E-state index in [2.05, 4.69) is 6.92 Å². The van der Waals surface area contributed by atoms with Gasteiger partial charge in [0, 0.05) is 24.8 Å². The van der Waals surface area contributed by atoms with Gasteiger partial charge in [0.2, 0.25) is 0 Å². The van der Waals surface area contributed by atoms with E-state index >= 15 is 0 Å². The predicted molar refractivity (Wildman–Crippen MR) is 165 cm³/mol. The molecule has 0 bridgehead atoms. The van der Waals surface area contributed by atoms with Crippen molar-refractivity contribution in [2.24, 2.45) is 0 Å². The Hall–Kier alpha value is -1.28. The molecule has 42 heavy (non-hydrogen) atoms. The van der Waals surface area contributed by atoms with Crippen LogP contribution in [-0.2, 0) is 23.8 Å². The van der Waals surface area contributed by atoms with Crippen molar-refractivity contribution < 1.29 is 34.0 Å². The highest BCUT2D eigenvalue weighted by molar-refractivity contribution is 5.90. The lowest BCUT2D eigenvalue weighted by atomic mass is 9.95. The molecule has 2 saturated heterocycles. The molecule has 0 radical (unpaired) electrons. The zero-order valence-electron chi connectivity index (χ0n) is 26.6. The number of carbonyl (C=O) groups excluding carboxylic acids is 2. The van der Waals surface area contributed by atoms with Crippen molar-refractivity contribution in [1.29, 1.82) is 0 Å². The summed E-state index contributed by atoms with van der Waals surface area (Å²) in [4.78, 5) is 24.5. The highest BCUT2D eigenvalue weighted by Crippen LogP contribution is 2.30. The summed E-state index contributed by atoms with van der Waals surface area (Å²) in [5.74, 6) is -0.0407. The van der Waals surface area contributed by atoms with Crippen molar-refractivity contribution in [3.05, 3.63) is 11.6 Å². The highest BCUT2D eigenvalue weighted by atomic mass is 16.5. The second-order valence-electron chi connectivity index (χ2n) is 13.2. The summed E-state index contributed by atoms with van der Waals surface area (Å²) in [5, 5.41) is 21.3. The minimum atomic E-state index is -0.545. The standard InChI is InChI=1S/C35H60O7/c1-3-4-5-6-7-8-9-10-11-12-19-31(37)33-21-22-34(42-33)32(38)20-14-13-16-28(36)25-30-18-15-17-29(41-30)24-27-23-26(2)40-35(27)39/h23,26,29-34,37-38H,3-22,24-25H2,1-2H3/t26?,29-,30+,31-,32+,33-,34+/m1/s1. The number of aliphatic hydroxyl groups excluding tert-OH is 2. The predicted octanol–water partition coefficient (Wildman–Crippen LogP) is 7.29. The van der Waals surface area contributed by atoms with Crippen molar-refractivity contribution >= 4 is 11.8 Å². The van der Waals surface area contributed by atoms with E-state index < -0.39 is 12.2 Å². The van der Waals surface area contributed by atoms with E-state index in [4.69, 9.17) is 14.2 Å². The van der Waals surface area contributed by atoms with Gasteiger partial charge in [0.05, 0.1) is 36.6 Å². The summed E-state index contributed by atoms with van der Waals surface area (Å²) in [5.41, 5.74) is 0.694. The van der Waals surface area contributed by atoms with Gasteiger partial charge in [-0.25, -0.2) is 4.79 Å². The van der Waals surface area contributed by atoms with Crippen LogP contribution in [0.1, 0.15) is 155 Å². The molecule has 3 aliphatic heterocycles. The highest BCUT2D eigenvalue weighted by Gasteiger charge is 2.34. The van der Waals surface area contributed by atoms with Gasteiger partial charge in [-0.3, -0.25) is 4.79 Å². The third-order valence-electron chi connectivity index (χ3n) is 9.33. The monoisotopic (exact) mass is 592 g/mol. The average molecular weight is 593 g/mol. The Morgan fingerprint density at radius 2 is 1.38 bits per heavy atom. The largest absolute Gasteiger partial charge is 0.455 e. The van der Waals surface area contributed by atoms with Gasteiger partial charge in [-0.1, -0.05) is 77.6 Å². The minimum Gasteiger partial charge on any atom is -0.455 e. The zero-order chi connectivity index (χ0) is 30.2. The van der Waals surface area contributed by atoms with Crippen LogP contribution < -0.4 is 0 Å². The summed E-state index contributed by atoms with van der Waals surface area (Å²) in [6, 6.07) is 0. The van der Waals surface area contributed by atoms with E-state index in [9.17, 15) is 19.8 Å². The second-order valence-corrected chi connectivity index (χ2v) is 13.2. The quantitative estimate of drug-likeness (QED) is 0.101. The fourth-order valence-electron chi connectivity index (χ4n) is 6.81. The Kier molecular flexibility index (Phi) is 16.7. The number of Topliss-reactive ketones (excluding diaryl/α,β-unsaturated/α-hetero) is 1. The van der Waals surface area contributed by atoms with Gasteiger partial charge in [0.1, 0.15) is 11.9 Å². The number of ether oxygens (including phenoxy) is 3. The van der Waals surface area contributed by atoms with Crippen LogP contribution in [0.5, 0.6) is 0 Å². The fraction of sp³-hybridized carbons (Fsp3) is 0.886. The first-order valence-electron chi connectivity index (χ1n) is 17.5. The molecule has 0 spiro atoms. The minimum absolute atomic E-state index is 0.0283. The maximum absolute atomic E-state index is 12.6. The van der Waals surface area contributed by atoms with E-state index in [0.717, 1.165) is 57.8 Å².